The first-order valence-corrected chi connectivity index (χ1v) is 5.06. The normalized spacial score (nSPS) is 10.6. The summed E-state index contributed by atoms with van der Waals surface area (Å²) in [5, 5.41) is 10.2. The number of aromatic nitrogens is 6. The van der Waals surface area contributed by atoms with Gasteiger partial charge in [-0.1, -0.05) is 6.92 Å². The van der Waals surface area contributed by atoms with E-state index < -0.39 is 0 Å². The van der Waals surface area contributed by atoms with Gasteiger partial charge in [-0.05, 0) is 6.42 Å². The fraction of sp³-hybridized carbons (Fsp3) is 0.444. The molecule has 2 heterocycles. The Hall–Kier alpha value is -2.05. The number of hydrogen-bond acceptors (Lipinski definition) is 5. The fourth-order valence-electron chi connectivity index (χ4n) is 1.39. The summed E-state index contributed by atoms with van der Waals surface area (Å²) in [7, 11) is 0. The molecule has 0 radical (unpaired) electrons. The van der Waals surface area contributed by atoms with Crippen LogP contribution in [0, 0.1) is 0 Å². The van der Waals surface area contributed by atoms with Gasteiger partial charge >= 0.3 is 0 Å². The van der Waals surface area contributed by atoms with E-state index in [-0.39, 0.29) is 18.0 Å². The Kier molecular flexibility index (Phi) is 3.04. The van der Waals surface area contributed by atoms with Gasteiger partial charge in [-0.2, -0.15) is 10.2 Å². The number of aromatic amines is 1. The van der Waals surface area contributed by atoms with Crippen molar-refractivity contribution in [3.05, 3.63) is 24.3 Å². The van der Waals surface area contributed by atoms with E-state index in [0.29, 0.717) is 5.82 Å². The predicted molar refractivity (Wildman–Crippen MR) is 54.7 cm³/mol. The van der Waals surface area contributed by atoms with E-state index in [1.807, 2.05) is 6.92 Å². The Bertz CT molecular complexity index is 460. The maximum absolute atomic E-state index is 11.7. The molecule has 0 aliphatic rings. The van der Waals surface area contributed by atoms with Crippen LogP contribution in [0.5, 0.6) is 0 Å². The van der Waals surface area contributed by atoms with Crippen LogP contribution in [0.15, 0.2) is 12.7 Å². The summed E-state index contributed by atoms with van der Waals surface area (Å²) in [5.41, 5.74) is 0. The lowest BCUT2D eigenvalue weighted by molar-refractivity contribution is 0.0979. The Balaban J connectivity index is 2.09. The van der Waals surface area contributed by atoms with Gasteiger partial charge in [0.1, 0.15) is 18.5 Å². The fourth-order valence-corrected chi connectivity index (χ4v) is 1.39. The molecule has 0 saturated heterocycles. The van der Waals surface area contributed by atoms with E-state index in [1.165, 1.54) is 12.7 Å². The SMILES string of the molecule is CCCn1ncnc1CC(=O)c1ncn[nH]1. The number of H-pyrrole nitrogens is 1. The van der Waals surface area contributed by atoms with Gasteiger partial charge in [0.25, 0.3) is 0 Å². The molecule has 2 rings (SSSR count). The summed E-state index contributed by atoms with van der Waals surface area (Å²) in [4.78, 5) is 19.6. The molecule has 16 heavy (non-hydrogen) atoms. The summed E-state index contributed by atoms with van der Waals surface area (Å²) in [6.45, 7) is 2.81. The predicted octanol–water partition coefficient (Wildman–Crippen LogP) is 0.232. The van der Waals surface area contributed by atoms with Crippen LogP contribution in [0.3, 0.4) is 0 Å². The number of ketones is 1. The molecule has 2 aromatic heterocycles. The summed E-state index contributed by atoms with van der Waals surface area (Å²) in [6, 6.07) is 0. The third-order valence-corrected chi connectivity index (χ3v) is 2.13. The van der Waals surface area contributed by atoms with Crippen LogP contribution >= 0.6 is 0 Å². The first kappa shape index (κ1) is 10.5. The number of carbonyl (C=O) groups excluding carboxylic acids is 1. The molecule has 0 aromatic carbocycles. The van der Waals surface area contributed by atoms with Crippen molar-refractivity contribution in [1.29, 1.82) is 0 Å². The number of carbonyl (C=O) groups is 1. The zero-order valence-corrected chi connectivity index (χ0v) is 8.92. The number of rotatable bonds is 5. The molecule has 84 valence electrons. The minimum Gasteiger partial charge on any atom is -0.290 e. The molecular formula is C9H12N6O. The van der Waals surface area contributed by atoms with Gasteiger partial charge in [0.15, 0.2) is 5.82 Å². The lowest BCUT2D eigenvalue weighted by atomic mass is 10.2. The van der Waals surface area contributed by atoms with Gasteiger partial charge in [-0.15, -0.1) is 0 Å². The molecule has 2 aromatic rings. The molecule has 0 aliphatic heterocycles. The van der Waals surface area contributed by atoms with Crippen molar-refractivity contribution in [2.75, 3.05) is 0 Å². The third kappa shape index (κ3) is 2.13. The Labute approximate surface area is 91.9 Å². The van der Waals surface area contributed by atoms with Crippen LogP contribution in [0.2, 0.25) is 0 Å². The Morgan fingerprint density at radius 3 is 3.00 bits per heavy atom. The van der Waals surface area contributed by atoms with Gasteiger partial charge in [-0.3, -0.25) is 9.89 Å². The summed E-state index contributed by atoms with van der Waals surface area (Å²) < 4.78 is 1.73. The summed E-state index contributed by atoms with van der Waals surface area (Å²) in [5.74, 6) is 0.775. The standard InChI is InChI=1S/C9H12N6O/c1-2-3-15-8(10-6-13-15)4-7(16)9-11-5-12-14-9/h5-6H,2-4H2,1H3,(H,11,12,14). The molecule has 0 amide bonds. The molecule has 7 heteroatoms. The molecule has 0 atom stereocenters. The maximum atomic E-state index is 11.7. The highest BCUT2D eigenvalue weighted by Gasteiger charge is 2.13. The first-order chi connectivity index (χ1) is 7.81. The minimum absolute atomic E-state index is 0.136. The van der Waals surface area contributed by atoms with E-state index >= 15 is 0 Å². The van der Waals surface area contributed by atoms with Crippen molar-refractivity contribution in [2.45, 2.75) is 26.3 Å². The zero-order chi connectivity index (χ0) is 11.4. The van der Waals surface area contributed by atoms with Crippen LogP contribution in [0.4, 0.5) is 0 Å². The van der Waals surface area contributed by atoms with Gasteiger partial charge in [0.2, 0.25) is 5.78 Å². The van der Waals surface area contributed by atoms with Crippen molar-refractivity contribution in [1.82, 2.24) is 29.9 Å². The van der Waals surface area contributed by atoms with E-state index in [2.05, 4.69) is 25.3 Å². The van der Waals surface area contributed by atoms with Gasteiger partial charge in [0.05, 0.1) is 6.42 Å². The number of nitrogens with one attached hydrogen (secondary N) is 1. The van der Waals surface area contributed by atoms with Crippen molar-refractivity contribution >= 4 is 5.78 Å². The number of aryl methyl sites for hydroxylation is 1. The number of Topliss-reactive ketones (excluding diaryl/α,β-unsaturated/α-hetero) is 1. The second-order valence-electron chi connectivity index (χ2n) is 3.33. The average Bonchev–Trinajstić information content (AvgIpc) is 2.90. The van der Waals surface area contributed by atoms with E-state index in [9.17, 15) is 4.79 Å². The van der Waals surface area contributed by atoms with E-state index in [0.717, 1.165) is 13.0 Å². The minimum atomic E-state index is -0.136. The molecule has 0 spiro atoms. The molecule has 0 aliphatic carbocycles. The van der Waals surface area contributed by atoms with Crippen molar-refractivity contribution in [2.24, 2.45) is 0 Å². The lowest BCUT2D eigenvalue weighted by Gasteiger charge is -2.02. The van der Waals surface area contributed by atoms with Crippen molar-refractivity contribution in [3.8, 4) is 0 Å². The Morgan fingerprint density at radius 1 is 1.44 bits per heavy atom. The molecule has 0 saturated carbocycles. The zero-order valence-electron chi connectivity index (χ0n) is 8.92. The second-order valence-corrected chi connectivity index (χ2v) is 3.33. The largest absolute Gasteiger partial charge is 0.290 e. The monoisotopic (exact) mass is 220 g/mol. The summed E-state index contributed by atoms with van der Waals surface area (Å²) in [6.07, 6.45) is 3.91. The maximum Gasteiger partial charge on any atom is 0.207 e. The van der Waals surface area contributed by atoms with Crippen LogP contribution in [0.25, 0.3) is 0 Å². The molecule has 1 N–H and O–H groups in total. The smallest absolute Gasteiger partial charge is 0.207 e. The van der Waals surface area contributed by atoms with Gasteiger partial charge in [-0.25, -0.2) is 14.6 Å². The molecule has 0 bridgehead atoms. The van der Waals surface area contributed by atoms with Crippen LogP contribution in [-0.2, 0) is 13.0 Å². The van der Waals surface area contributed by atoms with Gasteiger partial charge < -0.3 is 0 Å². The highest BCUT2D eigenvalue weighted by Crippen LogP contribution is 2.01. The van der Waals surface area contributed by atoms with Crippen molar-refractivity contribution in [3.63, 3.8) is 0 Å². The highest BCUT2D eigenvalue weighted by molar-refractivity contribution is 5.93. The molecule has 0 unspecified atom stereocenters. The van der Waals surface area contributed by atoms with Crippen LogP contribution < -0.4 is 0 Å². The van der Waals surface area contributed by atoms with Crippen LogP contribution in [-0.4, -0.2) is 35.7 Å². The van der Waals surface area contributed by atoms with E-state index in [4.69, 9.17) is 0 Å². The lowest BCUT2D eigenvalue weighted by Crippen LogP contribution is -2.12. The van der Waals surface area contributed by atoms with Crippen molar-refractivity contribution < 1.29 is 4.79 Å². The third-order valence-electron chi connectivity index (χ3n) is 2.13. The highest BCUT2D eigenvalue weighted by atomic mass is 16.1. The summed E-state index contributed by atoms with van der Waals surface area (Å²) >= 11 is 0. The second kappa shape index (κ2) is 4.65. The number of nitrogens with zero attached hydrogens (tertiary/aromatic N) is 5. The Morgan fingerprint density at radius 2 is 2.31 bits per heavy atom. The molecular weight excluding hydrogens is 208 g/mol. The molecule has 0 fully saturated rings. The van der Waals surface area contributed by atoms with Crippen LogP contribution in [0.1, 0.15) is 29.8 Å². The van der Waals surface area contributed by atoms with Gasteiger partial charge in [0, 0.05) is 6.54 Å². The average molecular weight is 220 g/mol. The molecule has 7 nitrogen and oxygen atoms in total. The number of hydrogen-bond donors (Lipinski definition) is 1. The topological polar surface area (TPSA) is 89.3 Å². The quantitative estimate of drug-likeness (QED) is 0.728. The van der Waals surface area contributed by atoms with E-state index in [1.54, 1.807) is 4.68 Å². The first-order valence-electron chi connectivity index (χ1n) is 5.06.